The van der Waals surface area contributed by atoms with Crippen LogP contribution in [0.25, 0.3) is 0 Å². The topological polar surface area (TPSA) is 41.6 Å². The van der Waals surface area contributed by atoms with Crippen LogP contribution in [-0.4, -0.2) is 41.4 Å². The Labute approximate surface area is 147 Å². The maximum atomic E-state index is 11.9. The third kappa shape index (κ3) is 6.15. The Hall–Kier alpha value is -1.07. The normalized spacial score (nSPS) is 19.4. The van der Waals surface area contributed by atoms with Gasteiger partial charge in [-0.15, -0.1) is 0 Å². The summed E-state index contributed by atoms with van der Waals surface area (Å²) in [4.78, 5) is 14.4. The molecule has 0 aromatic heterocycles. The number of ether oxygens (including phenoxy) is 1. The van der Waals surface area contributed by atoms with Crippen molar-refractivity contribution in [3.8, 4) is 5.75 Å². The Morgan fingerprint density at radius 2 is 2.09 bits per heavy atom. The lowest BCUT2D eigenvalue weighted by atomic mass is 10.0. The summed E-state index contributed by atoms with van der Waals surface area (Å²) in [5, 5.41) is 2.87. The largest absolute Gasteiger partial charge is 0.492 e. The van der Waals surface area contributed by atoms with Crippen LogP contribution in [0.4, 0.5) is 5.69 Å². The molecule has 0 bridgehead atoms. The maximum Gasteiger partial charge on any atom is 0.240 e. The first-order valence-electron chi connectivity index (χ1n) is 8.30. The molecule has 5 heteroatoms. The smallest absolute Gasteiger partial charge is 0.240 e. The number of amides is 1. The first-order chi connectivity index (χ1) is 10.8. The lowest BCUT2D eigenvalue weighted by molar-refractivity contribution is -0.117. The molecule has 1 fully saturated rings. The van der Waals surface area contributed by atoms with Crippen LogP contribution < -0.4 is 10.1 Å². The summed E-state index contributed by atoms with van der Waals surface area (Å²) in [5.74, 6) is 1.57. The van der Waals surface area contributed by atoms with Gasteiger partial charge in [-0.1, -0.05) is 22.9 Å². The third-order valence-electron chi connectivity index (χ3n) is 4.07. The second-order valence-corrected chi connectivity index (χ2v) is 8.83. The highest BCUT2D eigenvalue weighted by Crippen LogP contribution is 2.21. The minimum absolute atomic E-state index is 0.0645. The number of nitrogens with zero attached hydrogens (tertiary/aromatic N) is 1. The van der Waals surface area contributed by atoms with E-state index in [0.717, 1.165) is 23.9 Å². The molecule has 1 aliphatic rings. The predicted octanol–water partition coefficient (Wildman–Crippen LogP) is 3.91. The highest BCUT2D eigenvalue weighted by atomic mass is 79.9. The van der Waals surface area contributed by atoms with E-state index in [2.05, 4.69) is 33.1 Å². The van der Waals surface area contributed by atoms with Crippen molar-refractivity contribution >= 4 is 27.5 Å². The average molecular weight is 383 g/mol. The summed E-state index contributed by atoms with van der Waals surface area (Å²) < 4.78 is 5.23. The number of rotatable bonds is 6. The van der Waals surface area contributed by atoms with E-state index < -0.39 is 4.32 Å². The molecular formula is C18H27BrN2O2. The minimum atomic E-state index is -0.576. The van der Waals surface area contributed by atoms with Gasteiger partial charge in [0.05, 0.1) is 4.32 Å². The fraction of sp³-hybridized carbons (Fsp3) is 0.611. The van der Waals surface area contributed by atoms with Crippen LogP contribution in [0.3, 0.4) is 0 Å². The van der Waals surface area contributed by atoms with Crippen LogP contribution in [0.1, 0.15) is 33.6 Å². The number of alkyl halides is 1. The minimum Gasteiger partial charge on any atom is -0.492 e. The lowest BCUT2D eigenvalue weighted by Crippen LogP contribution is -2.37. The Kier molecular flexibility index (Phi) is 6.48. The van der Waals surface area contributed by atoms with E-state index >= 15 is 0 Å². The zero-order chi connectivity index (χ0) is 16.9. The van der Waals surface area contributed by atoms with Gasteiger partial charge in [0.25, 0.3) is 0 Å². The molecule has 0 unspecified atom stereocenters. The molecule has 128 valence electrons. The molecule has 1 aromatic rings. The first-order valence-corrected chi connectivity index (χ1v) is 9.09. The molecule has 1 aliphatic heterocycles. The fourth-order valence-electron chi connectivity index (χ4n) is 2.70. The van der Waals surface area contributed by atoms with E-state index in [1.165, 1.54) is 25.9 Å². The van der Waals surface area contributed by atoms with Crippen molar-refractivity contribution in [3.63, 3.8) is 0 Å². The van der Waals surface area contributed by atoms with E-state index in [1.54, 1.807) is 0 Å². The summed E-state index contributed by atoms with van der Waals surface area (Å²) in [6.07, 6.45) is 2.63. The molecule has 0 radical (unpaired) electrons. The Morgan fingerprint density at radius 1 is 1.39 bits per heavy atom. The number of carbonyl (C=O) groups excluding carboxylic acids is 1. The van der Waals surface area contributed by atoms with Gasteiger partial charge in [-0.25, -0.2) is 0 Å². The van der Waals surface area contributed by atoms with Crippen molar-refractivity contribution in [3.05, 3.63) is 24.3 Å². The molecule has 1 N–H and O–H groups in total. The standard InChI is InChI=1S/C18H27BrN2O2/c1-14-5-4-10-21(13-14)11-12-23-16-8-6-15(7-9-16)20-17(22)18(2,3)19/h6-9,14H,4-5,10-13H2,1-3H3,(H,20,22)/t14-/m0/s1. The number of hydrogen-bond acceptors (Lipinski definition) is 3. The summed E-state index contributed by atoms with van der Waals surface area (Å²) in [7, 11) is 0. The molecule has 0 saturated carbocycles. The van der Waals surface area contributed by atoms with E-state index in [4.69, 9.17) is 4.74 Å². The van der Waals surface area contributed by atoms with Crippen LogP contribution in [0.15, 0.2) is 24.3 Å². The second-order valence-electron chi connectivity index (χ2n) is 6.85. The average Bonchev–Trinajstić information content (AvgIpc) is 2.48. The van der Waals surface area contributed by atoms with Crippen LogP contribution in [0.2, 0.25) is 0 Å². The summed E-state index contributed by atoms with van der Waals surface area (Å²) in [5.41, 5.74) is 0.778. The number of hydrogen-bond donors (Lipinski definition) is 1. The molecule has 0 aliphatic carbocycles. The number of likely N-dealkylation sites (tertiary alicyclic amines) is 1. The zero-order valence-corrected chi connectivity index (χ0v) is 15.9. The molecule has 1 saturated heterocycles. The molecular weight excluding hydrogens is 356 g/mol. The number of halogens is 1. The highest BCUT2D eigenvalue weighted by molar-refractivity contribution is 9.10. The second kappa shape index (κ2) is 8.15. The van der Waals surface area contributed by atoms with Crippen molar-refractivity contribution in [1.29, 1.82) is 0 Å². The SMILES string of the molecule is C[C@H]1CCCN(CCOc2ccc(NC(=O)C(C)(C)Br)cc2)C1. The molecule has 2 rings (SSSR count). The van der Waals surface area contributed by atoms with Gasteiger partial charge in [-0.3, -0.25) is 9.69 Å². The Balaban J connectivity index is 1.75. The van der Waals surface area contributed by atoms with Crippen LogP contribution in [-0.2, 0) is 4.79 Å². The monoisotopic (exact) mass is 382 g/mol. The Bertz CT molecular complexity index is 511. The predicted molar refractivity (Wildman–Crippen MR) is 98.4 cm³/mol. The zero-order valence-electron chi connectivity index (χ0n) is 14.3. The Morgan fingerprint density at radius 3 is 2.70 bits per heavy atom. The van der Waals surface area contributed by atoms with Gasteiger partial charge in [0, 0.05) is 18.8 Å². The van der Waals surface area contributed by atoms with Gasteiger partial charge >= 0.3 is 0 Å². The van der Waals surface area contributed by atoms with E-state index in [0.29, 0.717) is 6.61 Å². The number of benzene rings is 1. The number of carbonyl (C=O) groups is 1. The van der Waals surface area contributed by atoms with Gasteiger partial charge < -0.3 is 10.1 Å². The molecule has 0 spiro atoms. The van der Waals surface area contributed by atoms with Crippen molar-refractivity contribution in [2.75, 3.05) is 31.6 Å². The molecule has 1 heterocycles. The maximum absolute atomic E-state index is 11.9. The fourth-order valence-corrected chi connectivity index (χ4v) is 2.80. The van der Waals surface area contributed by atoms with E-state index in [9.17, 15) is 4.79 Å². The van der Waals surface area contributed by atoms with Gasteiger partial charge in [0.2, 0.25) is 5.91 Å². The number of piperidine rings is 1. The molecule has 4 nitrogen and oxygen atoms in total. The first kappa shape index (κ1) is 18.3. The summed E-state index contributed by atoms with van der Waals surface area (Å²) in [6.45, 7) is 9.99. The van der Waals surface area contributed by atoms with Gasteiger partial charge in [0.1, 0.15) is 12.4 Å². The molecule has 1 amide bonds. The van der Waals surface area contributed by atoms with Gasteiger partial charge in [0.15, 0.2) is 0 Å². The lowest BCUT2D eigenvalue weighted by Gasteiger charge is -2.30. The molecule has 1 aromatic carbocycles. The third-order valence-corrected chi connectivity index (χ3v) is 4.43. The van der Waals surface area contributed by atoms with Crippen molar-refractivity contribution in [2.24, 2.45) is 5.92 Å². The van der Waals surface area contributed by atoms with Crippen LogP contribution >= 0.6 is 15.9 Å². The number of nitrogens with one attached hydrogen (secondary N) is 1. The summed E-state index contributed by atoms with van der Waals surface area (Å²) >= 11 is 3.35. The van der Waals surface area contributed by atoms with E-state index in [1.807, 2.05) is 38.1 Å². The van der Waals surface area contributed by atoms with Crippen molar-refractivity contribution in [1.82, 2.24) is 4.90 Å². The van der Waals surface area contributed by atoms with Crippen molar-refractivity contribution in [2.45, 2.75) is 37.9 Å². The molecule has 23 heavy (non-hydrogen) atoms. The highest BCUT2D eigenvalue weighted by Gasteiger charge is 2.23. The summed E-state index contributed by atoms with van der Waals surface area (Å²) in [6, 6.07) is 7.54. The van der Waals surface area contributed by atoms with Crippen LogP contribution in [0.5, 0.6) is 5.75 Å². The van der Waals surface area contributed by atoms with Crippen molar-refractivity contribution < 1.29 is 9.53 Å². The quantitative estimate of drug-likeness (QED) is 0.758. The molecule has 1 atom stereocenters. The van der Waals surface area contributed by atoms with Gasteiger partial charge in [-0.05, 0) is 63.4 Å². The van der Waals surface area contributed by atoms with Gasteiger partial charge in [-0.2, -0.15) is 0 Å². The van der Waals surface area contributed by atoms with Crippen LogP contribution in [0, 0.1) is 5.92 Å². The number of anilines is 1. The van der Waals surface area contributed by atoms with E-state index in [-0.39, 0.29) is 5.91 Å².